The number of rotatable bonds is 8. The molecule has 0 radical (unpaired) electrons. The molecule has 0 bridgehead atoms. The van der Waals surface area contributed by atoms with Crippen LogP contribution in [0.3, 0.4) is 0 Å². The van der Waals surface area contributed by atoms with Gasteiger partial charge in [0, 0.05) is 11.9 Å². The molecule has 0 amide bonds. The average molecular weight is 587 g/mol. The molecule has 0 aliphatic carbocycles. The summed E-state index contributed by atoms with van der Waals surface area (Å²) in [4.78, 5) is 42.1. The number of aliphatic carboxylic acids is 2. The molecule has 0 heterocycles. The van der Waals surface area contributed by atoms with Crippen molar-refractivity contribution in [3.63, 3.8) is 0 Å². The summed E-state index contributed by atoms with van der Waals surface area (Å²) in [6.07, 6.45) is -0.966. The van der Waals surface area contributed by atoms with Crippen LogP contribution in [0.2, 0.25) is 0 Å². The van der Waals surface area contributed by atoms with E-state index in [2.05, 4.69) is 0 Å². The maximum atomic E-state index is 11.0. The third-order valence-corrected chi connectivity index (χ3v) is 3.02. The van der Waals surface area contributed by atoms with Gasteiger partial charge in [0.1, 0.15) is 11.5 Å². The fourth-order valence-electron chi connectivity index (χ4n) is 1.75. The van der Waals surface area contributed by atoms with E-state index in [0.29, 0.717) is 11.5 Å². The van der Waals surface area contributed by atoms with Gasteiger partial charge in [0.05, 0.1) is 12.8 Å². The smallest absolute Gasteiger partial charge is 0.550 e. The van der Waals surface area contributed by atoms with Crippen LogP contribution in [0.1, 0.15) is 25.7 Å². The topological polar surface area (TPSA) is 133 Å². The Morgan fingerprint density at radius 3 is 1.17 bits per heavy atom. The summed E-state index contributed by atoms with van der Waals surface area (Å²) in [7, 11) is 0. The Balaban J connectivity index is 0.000000523. The molecule has 0 saturated heterocycles. The molecule has 2 rings (SSSR count). The number of esters is 2. The molecule has 0 atom stereocenters. The van der Waals surface area contributed by atoms with Crippen molar-refractivity contribution in [2.75, 3.05) is 0 Å². The largest absolute Gasteiger partial charge is 2.00 e. The Kier molecular flexibility index (Phi) is 13.8. The molecule has 0 aromatic heterocycles. The molecular formula is C20H18HgO8. The summed E-state index contributed by atoms with van der Waals surface area (Å²) in [6, 6.07) is 17.0. The van der Waals surface area contributed by atoms with Crippen molar-refractivity contribution in [3.8, 4) is 11.5 Å². The molecule has 0 aliphatic rings. The van der Waals surface area contributed by atoms with Crippen molar-refractivity contribution in [1.82, 2.24) is 0 Å². The maximum absolute atomic E-state index is 11.0. The van der Waals surface area contributed by atoms with Crippen LogP contribution in [0.25, 0.3) is 0 Å². The number of carbonyl (C=O) groups is 4. The second-order valence-electron chi connectivity index (χ2n) is 5.32. The van der Waals surface area contributed by atoms with E-state index in [1.165, 1.54) is 0 Å². The molecule has 9 heteroatoms. The van der Waals surface area contributed by atoms with Crippen molar-refractivity contribution in [3.05, 3.63) is 60.7 Å². The van der Waals surface area contributed by atoms with Gasteiger partial charge in [-0.15, -0.1) is 0 Å². The zero-order chi connectivity index (χ0) is 20.8. The van der Waals surface area contributed by atoms with Crippen molar-refractivity contribution in [2.45, 2.75) is 25.7 Å². The number of benzene rings is 2. The van der Waals surface area contributed by atoms with Crippen LogP contribution in [-0.2, 0) is 46.8 Å². The van der Waals surface area contributed by atoms with Gasteiger partial charge < -0.3 is 29.3 Å². The number of carboxylic acids is 2. The molecule has 2 aromatic carbocycles. The van der Waals surface area contributed by atoms with Crippen LogP contribution in [-0.4, -0.2) is 23.9 Å². The molecule has 8 nitrogen and oxygen atoms in total. The molecule has 0 aliphatic heterocycles. The minimum Gasteiger partial charge on any atom is -0.550 e. The van der Waals surface area contributed by atoms with Gasteiger partial charge in [-0.1, -0.05) is 36.4 Å². The zero-order valence-electron chi connectivity index (χ0n) is 15.6. The summed E-state index contributed by atoms with van der Waals surface area (Å²) in [5, 5.41) is 20.1. The minimum atomic E-state index is -1.25. The number of carboxylic acid groups (broad SMARTS) is 2. The van der Waals surface area contributed by atoms with Crippen LogP contribution in [0.4, 0.5) is 0 Å². The normalized spacial score (nSPS) is 9.10. The molecule has 148 valence electrons. The molecule has 0 saturated carbocycles. The van der Waals surface area contributed by atoms with E-state index >= 15 is 0 Å². The molecule has 29 heavy (non-hydrogen) atoms. The Hall–Kier alpha value is -2.74. The summed E-state index contributed by atoms with van der Waals surface area (Å²) in [5.41, 5.74) is 0. The van der Waals surface area contributed by atoms with Crippen LogP contribution >= 0.6 is 0 Å². The van der Waals surface area contributed by atoms with Gasteiger partial charge in [0.15, 0.2) is 0 Å². The monoisotopic (exact) mass is 588 g/mol. The predicted octanol–water partition coefficient (Wildman–Crippen LogP) is 0.242. The van der Waals surface area contributed by atoms with Crippen molar-refractivity contribution in [1.29, 1.82) is 0 Å². The third kappa shape index (κ3) is 14.0. The fraction of sp³-hybridized carbons (Fsp3) is 0.200. The van der Waals surface area contributed by atoms with E-state index in [-0.39, 0.29) is 53.4 Å². The first kappa shape index (κ1) is 26.3. The van der Waals surface area contributed by atoms with E-state index in [0.717, 1.165) is 0 Å². The molecule has 0 fully saturated rings. The van der Waals surface area contributed by atoms with Crippen molar-refractivity contribution < 1.29 is 66.5 Å². The Bertz CT molecular complexity index is 710. The molecule has 0 spiro atoms. The number of carbonyl (C=O) groups excluding carboxylic acids is 4. The second kappa shape index (κ2) is 15.2. The van der Waals surface area contributed by atoms with Crippen molar-refractivity contribution in [2.24, 2.45) is 0 Å². The quantitative estimate of drug-likeness (QED) is 0.244. The Labute approximate surface area is 188 Å². The predicted molar refractivity (Wildman–Crippen MR) is 92.6 cm³/mol. The van der Waals surface area contributed by atoms with Crippen LogP contribution in [0.5, 0.6) is 11.5 Å². The van der Waals surface area contributed by atoms with Gasteiger partial charge in [-0.2, -0.15) is 0 Å². The first-order valence-corrected chi connectivity index (χ1v) is 8.28. The Morgan fingerprint density at radius 2 is 0.897 bits per heavy atom. The number of para-hydroxylation sites is 2. The number of ether oxygens (including phenoxy) is 2. The Morgan fingerprint density at radius 1 is 0.586 bits per heavy atom. The van der Waals surface area contributed by atoms with Gasteiger partial charge in [0.2, 0.25) is 0 Å². The SMILES string of the molecule is O=C([O-])CCC(=O)Oc1ccccc1.O=C([O-])CCC(=O)Oc1ccccc1.[Hg+2]. The second-order valence-corrected chi connectivity index (χ2v) is 5.32. The first-order valence-electron chi connectivity index (χ1n) is 8.28. The fourth-order valence-corrected chi connectivity index (χ4v) is 1.75. The van der Waals surface area contributed by atoms with Gasteiger partial charge >= 0.3 is 39.6 Å². The number of hydrogen-bond acceptors (Lipinski definition) is 8. The molecule has 2 aromatic rings. The third-order valence-electron chi connectivity index (χ3n) is 3.02. The molecular weight excluding hydrogens is 569 g/mol. The molecule has 0 N–H and O–H groups in total. The van der Waals surface area contributed by atoms with Gasteiger partial charge in [-0.3, -0.25) is 9.59 Å². The van der Waals surface area contributed by atoms with Crippen molar-refractivity contribution >= 4 is 23.9 Å². The summed E-state index contributed by atoms with van der Waals surface area (Å²) in [6.45, 7) is 0. The van der Waals surface area contributed by atoms with E-state index in [1.54, 1.807) is 60.7 Å². The van der Waals surface area contributed by atoms with Gasteiger partial charge in [0.25, 0.3) is 0 Å². The summed E-state index contributed by atoms with van der Waals surface area (Å²) < 4.78 is 9.67. The van der Waals surface area contributed by atoms with E-state index in [9.17, 15) is 29.4 Å². The van der Waals surface area contributed by atoms with Crippen LogP contribution in [0, 0.1) is 0 Å². The van der Waals surface area contributed by atoms with Gasteiger partial charge in [-0.05, 0) is 37.1 Å². The summed E-state index contributed by atoms with van der Waals surface area (Å²) >= 11 is 0. The zero-order valence-corrected chi connectivity index (χ0v) is 21.1. The van der Waals surface area contributed by atoms with E-state index in [1.807, 2.05) is 0 Å². The molecule has 0 unspecified atom stereocenters. The van der Waals surface area contributed by atoms with Gasteiger partial charge in [-0.25, -0.2) is 0 Å². The number of hydrogen-bond donors (Lipinski definition) is 0. The standard InChI is InChI=1S/2C10H10O4.Hg/c2*11-9(12)6-7-10(13)14-8-4-2-1-3-5-8;/h2*1-5H,6-7H2,(H,11,12);/q;;+2/p-2. The minimum absolute atomic E-state index is 0. The first-order chi connectivity index (χ1) is 13.4. The maximum Gasteiger partial charge on any atom is 2.00 e. The average Bonchev–Trinajstić information content (AvgIpc) is 2.67. The summed E-state index contributed by atoms with van der Waals surface area (Å²) in [5.74, 6) is -2.82. The van der Waals surface area contributed by atoms with E-state index < -0.39 is 23.9 Å². The van der Waals surface area contributed by atoms with Crippen LogP contribution < -0.4 is 19.7 Å². The van der Waals surface area contributed by atoms with Crippen LogP contribution in [0.15, 0.2) is 60.7 Å². The van der Waals surface area contributed by atoms with E-state index in [4.69, 9.17) is 9.47 Å².